The Balaban J connectivity index is 2.44. The van der Waals surface area contributed by atoms with Gasteiger partial charge in [-0.3, -0.25) is 14.4 Å². The van der Waals surface area contributed by atoms with Crippen LogP contribution in [0.4, 0.5) is 15.8 Å². The predicted octanol–water partition coefficient (Wildman–Crippen LogP) is 3.27. The molecule has 0 N–H and O–H groups in total. The van der Waals surface area contributed by atoms with Gasteiger partial charge < -0.3 is 0 Å². The molecule has 0 amide bonds. The molecule has 112 valence electrons. The monoisotopic (exact) mass is 350 g/mol. The second kappa shape index (κ2) is 5.58. The summed E-state index contributed by atoms with van der Waals surface area (Å²) in [4.78, 5) is 9.96. The van der Waals surface area contributed by atoms with Crippen LogP contribution < -0.4 is 4.31 Å². The maximum atomic E-state index is 12.9. The number of hydrogen-bond acceptors (Lipinski definition) is 5. The molecule has 1 aromatic heterocycles. The number of halogens is 2. The van der Waals surface area contributed by atoms with E-state index in [1.54, 1.807) is 0 Å². The first-order valence-electron chi connectivity index (χ1n) is 5.41. The van der Waals surface area contributed by atoms with Crippen LogP contribution in [0, 0.1) is 15.9 Å². The van der Waals surface area contributed by atoms with E-state index in [9.17, 15) is 22.9 Å². The minimum Gasteiger partial charge on any atom is -0.269 e. The van der Waals surface area contributed by atoms with Crippen LogP contribution in [0.2, 0.25) is 4.34 Å². The van der Waals surface area contributed by atoms with Crippen LogP contribution in [-0.4, -0.2) is 20.4 Å². The Kier molecular flexibility index (Phi) is 4.17. The van der Waals surface area contributed by atoms with Gasteiger partial charge in [-0.25, -0.2) is 12.8 Å². The Bertz CT molecular complexity index is 789. The Hall–Kier alpha value is -1.71. The van der Waals surface area contributed by atoms with Crippen molar-refractivity contribution in [3.8, 4) is 0 Å². The normalized spacial score (nSPS) is 11.4. The lowest BCUT2D eigenvalue weighted by atomic mass is 10.3. The molecule has 0 unspecified atom stereocenters. The first-order chi connectivity index (χ1) is 9.73. The molecule has 0 aliphatic heterocycles. The average Bonchev–Trinajstić information content (AvgIpc) is 2.82. The molecule has 0 fully saturated rings. The van der Waals surface area contributed by atoms with E-state index in [1.807, 2.05) is 0 Å². The summed E-state index contributed by atoms with van der Waals surface area (Å²) in [6, 6.07) is 5.71. The lowest BCUT2D eigenvalue weighted by Gasteiger charge is -2.18. The van der Waals surface area contributed by atoms with Crippen molar-refractivity contribution in [2.24, 2.45) is 0 Å². The quantitative estimate of drug-likeness (QED) is 0.626. The van der Waals surface area contributed by atoms with E-state index in [1.165, 1.54) is 19.2 Å². The summed E-state index contributed by atoms with van der Waals surface area (Å²) < 4.78 is 38.0. The predicted molar refractivity (Wildman–Crippen MR) is 78.0 cm³/mol. The Labute approximate surface area is 128 Å². The molecule has 1 aromatic carbocycles. The van der Waals surface area contributed by atoms with Crippen LogP contribution in [0.3, 0.4) is 0 Å². The lowest BCUT2D eigenvalue weighted by molar-refractivity contribution is -0.384. The third-order valence-electron chi connectivity index (χ3n) is 2.65. The van der Waals surface area contributed by atoms with Crippen LogP contribution in [0.15, 0.2) is 34.5 Å². The fourth-order valence-electron chi connectivity index (χ4n) is 1.51. The molecule has 1 heterocycles. The van der Waals surface area contributed by atoms with E-state index in [-0.39, 0.29) is 14.2 Å². The zero-order valence-electron chi connectivity index (χ0n) is 10.5. The number of rotatable bonds is 4. The molecule has 0 radical (unpaired) electrons. The first kappa shape index (κ1) is 15.7. The van der Waals surface area contributed by atoms with Gasteiger partial charge in [0.05, 0.1) is 10.6 Å². The Morgan fingerprint density at radius 1 is 1.33 bits per heavy atom. The molecule has 2 rings (SSSR count). The maximum Gasteiger partial charge on any atom is 0.300 e. The summed E-state index contributed by atoms with van der Waals surface area (Å²) in [5.74, 6) is -0.501. The van der Waals surface area contributed by atoms with Gasteiger partial charge in [0, 0.05) is 13.1 Å². The molecule has 0 aliphatic carbocycles. The number of anilines is 1. The molecule has 0 bridgehead atoms. The summed E-state index contributed by atoms with van der Waals surface area (Å²) in [6.07, 6.45) is 0. The standard InChI is InChI=1S/C11H8ClFN2O4S2/c1-14(8-4-2-7(13)3-5-8)21(18,19)10-6-9(15(16)17)11(12)20-10/h2-6H,1H3. The van der Waals surface area contributed by atoms with E-state index in [0.29, 0.717) is 11.3 Å². The molecule has 2 aromatic rings. The van der Waals surface area contributed by atoms with Gasteiger partial charge in [0.2, 0.25) is 0 Å². The van der Waals surface area contributed by atoms with Gasteiger partial charge in [0.1, 0.15) is 10.0 Å². The smallest absolute Gasteiger partial charge is 0.269 e. The van der Waals surface area contributed by atoms with Crippen molar-refractivity contribution in [3.05, 3.63) is 50.6 Å². The first-order valence-corrected chi connectivity index (χ1v) is 8.05. The molecule has 0 aliphatic rings. The molecular weight excluding hydrogens is 343 g/mol. The molecular formula is C11H8ClFN2O4S2. The van der Waals surface area contributed by atoms with Crippen LogP contribution in [-0.2, 0) is 10.0 Å². The van der Waals surface area contributed by atoms with Crippen molar-refractivity contribution in [1.82, 2.24) is 0 Å². The van der Waals surface area contributed by atoms with Gasteiger partial charge in [0.15, 0.2) is 4.34 Å². The fraction of sp³-hybridized carbons (Fsp3) is 0.0909. The zero-order chi connectivity index (χ0) is 15.8. The van der Waals surface area contributed by atoms with Crippen LogP contribution >= 0.6 is 22.9 Å². The van der Waals surface area contributed by atoms with Crippen molar-refractivity contribution in [2.75, 3.05) is 11.4 Å². The van der Waals surface area contributed by atoms with Gasteiger partial charge in [-0.15, -0.1) is 11.3 Å². The number of hydrogen-bond donors (Lipinski definition) is 0. The minimum absolute atomic E-state index is 0.217. The average molecular weight is 351 g/mol. The molecule has 0 saturated heterocycles. The van der Waals surface area contributed by atoms with E-state index in [2.05, 4.69) is 0 Å². The summed E-state index contributed by atoms with van der Waals surface area (Å²) >= 11 is 6.26. The van der Waals surface area contributed by atoms with Gasteiger partial charge in [-0.1, -0.05) is 11.6 Å². The van der Waals surface area contributed by atoms with Gasteiger partial charge >= 0.3 is 0 Å². The molecule has 21 heavy (non-hydrogen) atoms. The van der Waals surface area contributed by atoms with Gasteiger partial charge in [-0.05, 0) is 24.3 Å². The van der Waals surface area contributed by atoms with E-state index >= 15 is 0 Å². The van der Waals surface area contributed by atoms with Crippen molar-refractivity contribution >= 4 is 44.3 Å². The van der Waals surface area contributed by atoms with E-state index in [0.717, 1.165) is 22.5 Å². The largest absolute Gasteiger partial charge is 0.300 e. The lowest BCUT2D eigenvalue weighted by Crippen LogP contribution is -2.25. The molecule has 0 spiro atoms. The van der Waals surface area contributed by atoms with Crippen molar-refractivity contribution < 1.29 is 17.7 Å². The maximum absolute atomic E-state index is 12.9. The number of benzene rings is 1. The highest BCUT2D eigenvalue weighted by atomic mass is 35.5. The number of nitrogens with zero attached hydrogens (tertiary/aromatic N) is 2. The molecule has 6 nitrogen and oxygen atoms in total. The van der Waals surface area contributed by atoms with Gasteiger partial charge in [-0.2, -0.15) is 0 Å². The summed E-state index contributed by atoms with van der Waals surface area (Å²) in [5, 5.41) is 10.7. The molecule has 0 saturated carbocycles. The Morgan fingerprint density at radius 2 is 1.90 bits per heavy atom. The number of thiophene rings is 1. The number of sulfonamides is 1. The van der Waals surface area contributed by atoms with E-state index in [4.69, 9.17) is 11.6 Å². The van der Waals surface area contributed by atoms with E-state index < -0.39 is 26.5 Å². The Morgan fingerprint density at radius 3 is 2.38 bits per heavy atom. The SMILES string of the molecule is CN(c1ccc(F)cc1)S(=O)(=O)c1cc([N+](=O)[O-])c(Cl)s1. The second-order valence-corrected chi connectivity index (χ2v) is 7.78. The topological polar surface area (TPSA) is 80.5 Å². The van der Waals surface area contributed by atoms with Crippen molar-refractivity contribution in [1.29, 1.82) is 0 Å². The highest BCUT2D eigenvalue weighted by molar-refractivity contribution is 7.94. The summed E-state index contributed by atoms with van der Waals surface area (Å²) in [6.45, 7) is 0. The van der Waals surface area contributed by atoms with Gasteiger partial charge in [0.25, 0.3) is 15.7 Å². The van der Waals surface area contributed by atoms with Crippen molar-refractivity contribution in [3.63, 3.8) is 0 Å². The highest BCUT2D eigenvalue weighted by Gasteiger charge is 2.28. The van der Waals surface area contributed by atoms with Crippen molar-refractivity contribution in [2.45, 2.75) is 4.21 Å². The highest BCUT2D eigenvalue weighted by Crippen LogP contribution is 2.38. The van der Waals surface area contributed by atoms with Crippen LogP contribution in [0.1, 0.15) is 0 Å². The molecule has 0 atom stereocenters. The summed E-state index contributed by atoms with van der Waals surface area (Å²) in [7, 11) is -2.73. The summed E-state index contributed by atoms with van der Waals surface area (Å²) in [5.41, 5.74) is -0.240. The van der Waals surface area contributed by atoms with Crippen LogP contribution in [0.25, 0.3) is 0 Å². The fourth-order valence-corrected chi connectivity index (χ4v) is 4.55. The minimum atomic E-state index is -4.00. The number of nitro groups is 1. The third kappa shape index (κ3) is 2.99. The second-order valence-electron chi connectivity index (χ2n) is 3.93. The zero-order valence-corrected chi connectivity index (χ0v) is 12.9. The molecule has 10 heteroatoms. The van der Waals surface area contributed by atoms with Crippen LogP contribution in [0.5, 0.6) is 0 Å². The third-order valence-corrected chi connectivity index (χ3v) is 6.22.